The minimum atomic E-state index is -2.65. The highest BCUT2D eigenvalue weighted by molar-refractivity contribution is 5.96. The highest BCUT2D eigenvalue weighted by Crippen LogP contribution is 2.26. The normalized spacial score (nSPS) is 19.1. The Morgan fingerprint density at radius 1 is 1.26 bits per heavy atom. The van der Waals surface area contributed by atoms with Crippen molar-refractivity contribution < 1.29 is 23.0 Å². The van der Waals surface area contributed by atoms with Crippen LogP contribution in [-0.4, -0.2) is 61.9 Å². The van der Waals surface area contributed by atoms with Crippen molar-refractivity contribution in [3.8, 4) is 11.8 Å². The van der Waals surface area contributed by atoms with E-state index in [0.29, 0.717) is 18.1 Å². The molecule has 0 unspecified atom stereocenters. The average Bonchev–Trinajstić information content (AvgIpc) is 3.14. The number of carbonyl (C=O) groups is 1. The topological polar surface area (TPSA) is 81.9 Å². The van der Waals surface area contributed by atoms with Crippen molar-refractivity contribution in [1.29, 1.82) is 0 Å². The Morgan fingerprint density at radius 3 is 2.87 bits per heavy atom. The second-order valence-electron chi connectivity index (χ2n) is 7.53. The zero-order valence-electron chi connectivity index (χ0n) is 17.2. The Hall–Kier alpha value is -3.30. The van der Waals surface area contributed by atoms with E-state index in [9.17, 15) is 13.6 Å². The van der Waals surface area contributed by atoms with Crippen molar-refractivity contribution in [1.82, 2.24) is 24.3 Å². The minimum absolute atomic E-state index is 0.0482. The molecule has 1 aliphatic heterocycles. The van der Waals surface area contributed by atoms with Crippen LogP contribution in [0.2, 0.25) is 0 Å². The monoisotopic (exact) mass is 431 g/mol. The van der Waals surface area contributed by atoms with Gasteiger partial charge in [-0.1, -0.05) is 0 Å². The van der Waals surface area contributed by atoms with Gasteiger partial charge in [-0.05, 0) is 38.8 Å². The predicted octanol–water partition coefficient (Wildman–Crippen LogP) is 3.15. The van der Waals surface area contributed by atoms with Gasteiger partial charge in [0.2, 0.25) is 11.5 Å². The lowest BCUT2D eigenvalue weighted by molar-refractivity contribution is 0.0365. The van der Waals surface area contributed by atoms with E-state index in [1.54, 1.807) is 23.4 Å². The molecule has 1 aliphatic rings. The number of hydrogen-bond donors (Lipinski definition) is 0. The summed E-state index contributed by atoms with van der Waals surface area (Å²) in [7, 11) is 0. The Morgan fingerprint density at radius 2 is 2.06 bits per heavy atom. The van der Waals surface area contributed by atoms with E-state index in [2.05, 4.69) is 15.0 Å². The molecule has 0 aromatic carbocycles. The largest absolute Gasteiger partial charge is 0.471 e. The molecule has 1 fully saturated rings. The van der Waals surface area contributed by atoms with Crippen LogP contribution in [0.4, 0.5) is 8.78 Å². The molecule has 0 bridgehead atoms. The number of carbonyl (C=O) groups excluding carboxylic acids is 1. The summed E-state index contributed by atoms with van der Waals surface area (Å²) < 4.78 is 38.1. The molecule has 4 rings (SSSR count). The summed E-state index contributed by atoms with van der Waals surface area (Å²) in [5.41, 5.74) is 1.62. The molecule has 3 aromatic rings. The van der Waals surface area contributed by atoms with Crippen molar-refractivity contribution in [3.05, 3.63) is 48.2 Å². The van der Waals surface area contributed by atoms with Crippen molar-refractivity contribution >= 4 is 11.6 Å². The van der Waals surface area contributed by atoms with Crippen LogP contribution in [0.15, 0.2) is 36.9 Å². The first-order valence-corrected chi connectivity index (χ1v) is 10.1. The van der Waals surface area contributed by atoms with Gasteiger partial charge < -0.3 is 18.8 Å². The van der Waals surface area contributed by atoms with Crippen LogP contribution < -0.4 is 9.47 Å². The number of amides is 1. The molecule has 0 radical (unpaired) electrons. The maximum Gasteiger partial charge on any atom is 0.272 e. The third-order valence-corrected chi connectivity index (χ3v) is 5.19. The molecule has 0 saturated carbocycles. The SMILES string of the molecule is Cc1cn2ccnc(O[C@@H]3CC[C@@H](C)N(C(=O)c4cccnc4OCC(F)F)C3)c2n1. The first kappa shape index (κ1) is 21.0. The number of imidazole rings is 1. The molecular weight excluding hydrogens is 408 g/mol. The number of halogens is 2. The van der Waals surface area contributed by atoms with Crippen LogP contribution >= 0.6 is 0 Å². The number of pyridine rings is 1. The quantitative estimate of drug-likeness (QED) is 0.596. The average molecular weight is 431 g/mol. The highest BCUT2D eigenvalue weighted by atomic mass is 19.3. The van der Waals surface area contributed by atoms with Gasteiger partial charge >= 0.3 is 0 Å². The van der Waals surface area contributed by atoms with Crippen molar-refractivity contribution in [3.63, 3.8) is 0 Å². The first-order valence-electron chi connectivity index (χ1n) is 10.1. The number of likely N-dealkylation sites (tertiary alicyclic amines) is 1. The van der Waals surface area contributed by atoms with Crippen LogP contribution in [0.3, 0.4) is 0 Å². The summed E-state index contributed by atoms with van der Waals surface area (Å²) in [5, 5.41) is 0. The van der Waals surface area contributed by atoms with Gasteiger partial charge in [-0.25, -0.2) is 23.7 Å². The minimum Gasteiger partial charge on any atom is -0.471 e. The Labute approximate surface area is 177 Å². The summed E-state index contributed by atoms with van der Waals surface area (Å²) >= 11 is 0. The number of ether oxygens (including phenoxy) is 2. The second kappa shape index (κ2) is 8.83. The van der Waals surface area contributed by atoms with Gasteiger partial charge in [-0.3, -0.25) is 4.79 Å². The molecule has 1 saturated heterocycles. The molecule has 0 N–H and O–H groups in total. The molecule has 164 valence electrons. The van der Waals surface area contributed by atoms with E-state index >= 15 is 0 Å². The molecule has 10 heteroatoms. The lowest BCUT2D eigenvalue weighted by Gasteiger charge is -2.37. The maximum atomic E-state index is 13.2. The van der Waals surface area contributed by atoms with E-state index in [0.717, 1.165) is 18.5 Å². The predicted molar refractivity (Wildman–Crippen MR) is 108 cm³/mol. The number of hydrogen-bond acceptors (Lipinski definition) is 6. The summed E-state index contributed by atoms with van der Waals surface area (Å²) in [5.74, 6) is -0.0202. The number of piperidine rings is 1. The molecular formula is C21H23F2N5O3. The second-order valence-corrected chi connectivity index (χ2v) is 7.53. The van der Waals surface area contributed by atoms with E-state index < -0.39 is 13.0 Å². The number of aryl methyl sites for hydroxylation is 1. The number of nitrogens with zero attached hydrogens (tertiary/aromatic N) is 5. The van der Waals surface area contributed by atoms with E-state index in [4.69, 9.17) is 9.47 Å². The van der Waals surface area contributed by atoms with E-state index in [-0.39, 0.29) is 29.5 Å². The Balaban J connectivity index is 1.52. The zero-order chi connectivity index (χ0) is 22.0. The number of aromatic nitrogens is 4. The fourth-order valence-electron chi connectivity index (χ4n) is 3.68. The van der Waals surface area contributed by atoms with Crippen molar-refractivity contribution in [2.75, 3.05) is 13.2 Å². The third kappa shape index (κ3) is 4.57. The highest BCUT2D eigenvalue weighted by Gasteiger charge is 2.33. The van der Waals surface area contributed by atoms with Gasteiger partial charge in [0.1, 0.15) is 11.7 Å². The van der Waals surface area contributed by atoms with Crippen LogP contribution in [0, 0.1) is 6.92 Å². The lowest BCUT2D eigenvalue weighted by Crippen LogP contribution is -2.49. The van der Waals surface area contributed by atoms with Crippen LogP contribution in [-0.2, 0) is 0 Å². The summed E-state index contributed by atoms with van der Waals surface area (Å²) in [4.78, 5) is 27.6. The Kier molecular flexibility index (Phi) is 5.97. The fraction of sp³-hybridized carbons (Fsp3) is 0.429. The van der Waals surface area contributed by atoms with Crippen molar-refractivity contribution in [2.24, 2.45) is 0 Å². The van der Waals surface area contributed by atoms with Crippen molar-refractivity contribution in [2.45, 2.75) is 45.3 Å². The zero-order valence-corrected chi connectivity index (χ0v) is 17.2. The molecule has 31 heavy (non-hydrogen) atoms. The number of fused-ring (bicyclic) bond motifs is 1. The summed E-state index contributed by atoms with van der Waals surface area (Å²) in [6.07, 6.45) is 5.25. The lowest BCUT2D eigenvalue weighted by atomic mass is 10.00. The number of rotatable bonds is 6. The molecule has 0 spiro atoms. The molecule has 3 aromatic heterocycles. The standard InChI is InChI=1S/C21H23F2N5O3/c1-13-10-27-9-8-25-20(18(27)26-13)31-15-6-5-14(2)28(11-15)21(29)16-4-3-7-24-19(16)30-12-17(22)23/h3-4,7-10,14-15,17H,5-6,11-12H2,1-2H3/t14-,15-/m1/s1. The Bertz CT molecular complexity index is 1070. The number of alkyl halides is 2. The molecule has 1 amide bonds. The molecule has 0 aliphatic carbocycles. The van der Waals surface area contributed by atoms with E-state index in [1.165, 1.54) is 12.3 Å². The summed E-state index contributed by atoms with van der Waals surface area (Å²) in [6, 6.07) is 3.06. The van der Waals surface area contributed by atoms with Gasteiger partial charge in [0.15, 0.2) is 6.61 Å². The van der Waals surface area contributed by atoms with Gasteiger partial charge in [-0.15, -0.1) is 0 Å². The fourth-order valence-corrected chi connectivity index (χ4v) is 3.68. The summed E-state index contributed by atoms with van der Waals surface area (Å²) in [6.45, 7) is 3.34. The molecule has 4 heterocycles. The van der Waals surface area contributed by atoms with Gasteiger partial charge in [0.25, 0.3) is 18.2 Å². The first-order chi connectivity index (χ1) is 14.9. The third-order valence-electron chi connectivity index (χ3n) is 5.19. The van der Waals surface area contributed by atoms with Gasteiger partial charge in [0, 0.05) is 30.8 Å². The van der Waals surface area contributed by atoms with Crippen LogP contribution in [0.25, 0.3) is 5.65 Å². The maximum absolute atomic E-state index is 13.2. The van der Waals surface area contributed by atoms with Crippen LogP contribution in [0.1, 0.15) is 35.8 Å². The van der Waals surface area contributed by atoms with Gasteiger partial charge in [0.05, 0.1) is 12.2 Å². The molecule has 2 atom stereocenters. The van der Waals surface area contributed by atoms with E-state index in [1.807, 2.05) is 24.4 Å². The smallest absolute Gasteiger partial charge is 0.272 e. The van der Waals surface area contributed by atoms with Gasteiger partial charge in [-0.2, -0.15) is 0 Å². The van der Waals surface area contributed by atoms with Crippen LogP contribution in [0.5, 0.6) is 11.8 Å². The molecule has 8 nitrogen and oxygen atoms in total.